The van der Waals surface area contributed by atoms with Gasteiger partial charge in [0, 0.05) is 12.6 Å². The highest BCUT2D eigenvalue weighted by Gasteiger charge is 2.23. The zero-order valence-corrected chi connectivity index (χ0v) is 12.2. The minimum absolute atomic E-state index is 0.167. The van der Waals surface area contributed by atoms with Crippen molar-refractivity contribution in [3.8, 4) is 0 Å². The average molecular weight is 298 g/mol. The molecule has 0 radical (unpaired) electrons. The second-order valence-corrected chi connectivity index (χ2v) is 5.73. The first-order valence-electron chi connectivity index (χ1n) is 6.20. The Morgan fingerprint density at radius 2 is 2.30 bits per heavy atom. The lowest BCUT2D eigenvalue weighted by Gasteiger charge is -2.21. The van der Waals surface area contributed by atoms with Gasteiger partial charge in [-0.15, -0.1) is 0 Å². The lowest BCUT2D eigenvalue weighted by Crippen LogP contribution is -2.28. The fourth-order valence-corrected chi connectivity index (χ4v) is 2.28. The van der Waals surface area contributed by atoms with Gasteiger partial charge < -0.3 is 9.84 Å². The number of aliphatic hydroxyl groups is 1. The molecule has 0 bridgehead atoms. The van der Waals surface area contributed by atoms with E-state index in [1.165, 1.54) is 6.20 Å². The van der Waals surface area contributed by atoms with Crippen LogP contribution in [-0.2, 0) is 4.74 Å². The van der Waals surface area contributed by atoms with Gasteiger partial charge in [-0.05, 0) is 26.8 Å². The number of carbonyl (C=O) groups is 1. The van der Waals surface area contributed by atoms with Crippen LogP contribution in [0.1, 0.15) is 37.7 Å². The highest BCUT2D eigenvalue weighted by molar-refractivity contribution is 6.36. The predicted molar refractivity (Wildman–Crippen MR) is 74.7 cm³/mol. The Morgan fingerprint density at radius 3 is 2.95 bits per heavy atom. The summed E-state index contributed by atoms with van der Waals surface area (Å²) >= 11 is 6.04. The minimum atomic E-state index is -0.908. The molecule has 1 unspecified atom stereocenters. The number of halogens is 1. The average Bonchev–Trinajstić information content (AvgIpc) is 2.71. The lowest BCUT2D eigenvalue weighted by molar-refractivity contribution is -0.00276. The Bertz CT molecular complexity index is 633. The molecule has 7 heteroatoms. The third-order valence-corrected chi connectivity index (χ3v) is 3.02. The van der Waals surface area contributed by atoms with Crippen LogP contribution in [-0.4, -0.2) is 38.0 Å². The van der Waals surface area contributed by atoms with Gasteiger partial charge >= 0.3 is 5.97 Å². The predicted octanol–water partition coefficient (Wildman–Crippen LogP) is 2.32. The van der Waals surface area contributed by atoms with Crippen molar-refractivity contribution in [2.24, 2.45) is 0 Å². The zero-order valence-electron chi connectivity index (χ0n) is 11.5. The number of ether oxygens (including phenoxy) is 1. The number of hydrogen-bond donors (Lipinski definition) is 2. The molecule has 0 aromatic carbocycles. The Kier molecular flexibility index (Phi) is 3.96. The van der Waals surface area contributed by atoms with Gasteiger partial charge in [0.1, 0.15) is 6.10 Å². The zero-order chi connectivity index (χ0) is 14.9. The third-order valence-electron chi connectivity index (χ3n) is 2.70. The van der Waals surface area contributed by atoms with Gasteiger partial charge in [-0.3, -0.25) is 5.10 Å². The maximum atomic E-state index is 12.1. The van der Waals surface area contributed by atoms with Crippen LogP contribution in [0.25, 0.3) is 11.0 Å². The molecule has 0 saturated carbocycles. The van der Waals surface area contributed by atoms with Crippen molar-refractivity contribution in [3.05, 3.63) is 23.0 Å². The van der Waals surface area contributed by atoms with Crippen molar-refractivity contribution < 1.29 is 14.6 Å². The first kappa shape index (κ1) is 14.7. The van der Waals surface area contributed by atoms with Crippen LogP contribution in [0.5, 0.6) is 0 Å². The Labute approximate surface area is 121 Å². The van der Waals surface area contributed by atoms with E-state index in [0.717, 1.165) is 0 Å². The van der Waals surface area contributed by atoms with Crippen LogP contribution in [0.3, 0.4) is 0 Å². The van der Waals surface area contributed by atoms with Crippen molar-refractivity contribution in [1.82, 2.24) is 15.2 Å². The van der Waals surface area contributed by atoms with Crippen molar-refractivity contribution in [2.75, 3.05) is 0 Å². The minimum Gasteiger partial charge on any atom is -0.458 e. The molecule has 6 nitrogen and oxygen atoms in total. The molecular weight excluding hydrogens is 282 g/mol. The SMILES string of the molecule is CC(CC(C)(C)O)OC(=O)c1[nH]nc2nccc(Cl)c12. The molecule has 0 saturated heterocycles. The Hall–Kier alpha value is -1.66. The molecule has 108 valence electrons. The van der Waals surface area contributed by atoms with Crippen LogP contribution in [0.2, 0.25) is 5.02 Å². The molecule has 20 heavy (non-hydrogen) atoms. The van der Waals surface area contributed by atoms with E-state index in [1.807, 2.05) is 0 Å². The van der Waals surface area contributed by atoms with Gasteiger partial charge in [-0.1, -0.05) is 11.6 Å². The molecule has 2 aromatic heterocycles. The van der Waals surface area contributed by atoms with Gasteiger partial charge in [0.15, 0.2) is 11.3 Å². The summed E-state index contributed by atoms with van der Waals surface area (Å²) in [6, 6.07) is 1.58. The molecule has 2 rings (SSSR count). The normalized spacial score (nSPS) is 13.4. The molecule has 0 aliphatic carbocycles. The topological polar surface area (TPSA) is 88.1 Å². The van der Waals surface area contributed by atoms with E-state index in [-0.39, 0.29) is 5.69 Å². The molecule has 0 spiro atoms. The molecule has 0 amide bonds. The number of nitrogens with one attached hydrogen (secondary N) is 1. The van der Waals surface area contributed by atoms with E-state index in [9.17, 15) is 9.90 Å². The maximum Gasteiger partial charge on any atom is 0.357 e. The lowest BCUT2D eigenvalue weighted by atomic mass is 10.0. The largest absolute Gasteiger partial charge is 0.458 e. The van der Waals surface area contributed by atoms with Crippen LogP contribution in [0, 0.1) is 0 Å². The standard InChI is InChI=1S/C13H16ClN3O3/c1-7(6-13(2,3)19)20-12(18)10-9-8(14)4-5-15-11(9)17-16-10/h4-5,7,19H,6H2,1-3H3,(H,15,16,17). The first-order chi connectivity index (χ1) is 9.28. The molecule has 2 N–H and O–H groups in total. The first-order valence-corrected chi connectivity index (χ1v) is 6.57. The summed E-state index contributed by atoms with van der Waals surface area (Å²) in [7, 11) is 0. The fourth-order valence-electron chi connectivity index (χ4n) is 2.04. The second kappa shape index (κ2) is 5.38. The number of fused-ring (bicyclic) bond motifs is 1. The number of hydrogen-bond acceptors (Lipinski definition) is 5. The Balaban J connectivity index is 2.20. The molecule has 0 fully saturated rings. The van der Waals surface area contributed by atoms with Gasteiger partial charge in [-0.25, -0.2) is 9.78 Å². The molecule has 2 heterocycles. The number of esters is 1. The number of carbonyl (C=O) groups excluding carboxylic acids is 1. The molecule has 0 aliphatic rings. The van der Waals surface area contributed by atoms with Crippen LogP contribution in [0.4, 0.5) is 0 Å². The second-order valence-electron chi connectivity index (χ2n) is 5.32. The summed E-state index contributed by atoms with van der Waals surface area (Å²) in [6.07, 6.45) is 1.41. The monoisotopic (exact) mass is 297 g/mol. The van der Waals surface area contributed by atoms with Gasteiger partial charge in [0.25, 0.3) is 0 Å². The summed E-state index contributed by atoms with van der Waals surface area (Å²) < 4.78 is 5.28. The summed E-state index contributed by atoms with van der Waals surface area (Å²) in [5.74, 6) is -0.570. The van der Waals surface area contributed by atoms with Crippen LogP contribution < -0.4 is 0 Å². The van der Waals surface area contributed by atoms with E-state index in [0.29, 0.717) is 22.5 Å². The smallest absolute Gasteiger partial charge is 0.357 e. The van der Waals surface area contributed by atoms with Crippen molar-refractivity contribution >= 4 is 28.6 Å². The number of nitrogens with zero attached hydrogens (tertiary/aromatic N) is 2. The van der Waals surface area contributed by atoms with Crippen molar-refractivity contribution in [1.29, 1.82) is 0 Å². The highest BCUT2D eigenvalue weighted by atomic mass is 35.5. The van der Waals surface area contributed by atoms with Crippen LogP contribution >= 0.6 is 11.6 Å². The van der Waals surface area contributed by atoms with Crippen molar-refractivity contribution in [3.63, 3.8) is 0 Å². The van der Waals surface area contributed by atoms with Crippen molar-refractivity contribution in [2.45, 2.75) is 38.9 Å². The summed E-state index contributed by atoms with van der Waals surface area (Å²) in [6.45, 7) is 5.03. The molecule has 0 aliphatic heterocycles. The third kappa shape index (κ3) is 3.26. The van der Waals surface area contributed by atoms with Gasteiger partial charge in [-0.2, -0.15) is 5.10 Å². The van der Waals surface area contributed by atoms with Gasteiger partial charge in [0.2, 0.25) is 0 Å². The maximum absolute atomic E-state index is 12.1. The molecular formula is C13H16ClN3O3. The summed E-state index contributed by atoms with van der Waals surface area (Å²) in [5.41, 5.74) is -0.380. The molecule has 1 atom stereocenters. The van der Waals surface area contributed by atoms with E-state index < -0.39 is 17.7 Å². The summed E-state index contributed by atoms with van der Waals surface area (Å²) in [5, 5.41) is 17.0. The van der Waals surface area contributed by atoms with Crippen LogP contribution in [0.15, 0.2) is 12.3 Å². The Morgan fingerprint density at radius 1 is 1.60 bits per heavy atom. The van der Waals surface area contributed by atoms with E-state index in [2.05, 4.69) is 15.2 Å². The number of rotatable bonds is 4. The number of H-pyrrole nitrogens is 1. The van der Waals surface area contributed by atoms with E-state index >= 15 is 0 Å². The van der Waals surface area contributed by atoms with E-state index in [4.69, 9.17) is 16.3 Å². The number of pyridine rings is 1. The molecule has 2 aromatic rings. The number of aromatic nitrogens is 3. The quantitative estimate of drug-likeness (QED) is 0.846. The number of aromatic amines is 1. The van der Waals surface area contributed by atoms with Gasteiger partial charge in [0.05, 0.1) is 16.0 Å². The van der Waals surface area contributed by atoms with E-state index in [1.54, 1.807) is 26.8 Å². The summed E-state index contributed by atoms with van der Waals surface area (Å²) in [4.78, 5) is 16.1. The highest BCUT2D eigenvalue weighted by Crippen LogP contribution is 2.24. The fraction of sp³-hybridized carbons (Fsp3) is 0.462.